The number of nitrogens with zero attached hydrogens (tertiary/aromatic N) is 2. The molecule has 0 bridgehead atoms. The molecule has 0 unspecified atom stereocenters. The summed E-state index contributed by atoms with van der Waals surface area (Å²) >= 11 is 0. The van der Waals surface area contributed by atoms with Crippen LogP contribution in [0.15, 0.2) is 0 Å². The lowest BCUT2D eigenvalue weighted by Gasteiger charge is -2.32. The Bertz CT molecular complexity index is 508. The topological polar surface area (TPSA) is 117 Å². The number of rotatable bonds is 6. The number of carbonyl (C=O) groups is 2. The van der Waals surface area contributed by atoms with Crippen LogP contribution in [0.1, 0.15) is 42.6 Å². The molecule has 1 aliphatic rings. The van der Waals surface area contributed by atoms with Crippen LogP contribution in [-0.4, -0.2) is 51.9 Å². The smallest absolute Gasteiger partial charge is 0.311 e. The van der Waals surface area contributed by atoms with Crippen molar-refractivity contribution >= 4 is 11.9 Å². The molecule has 0 saturated carbocycles. The number of aromatic amines is 1. The molecule has 8 heteroatoms. The highest BCUT2D eigenvalue weighted by molar-refractivity contribution is 5.90. The van der Waals surface area contributed by atoms with Crippen LogP contribution in [0.25, 0.3) is 0 Å². The first-order chi connectivity index (χ1) is 10.1. The van der Waals surface area contributed by atoms with Gasteiger partial charge in [0.25, 0.3) is 5.91 Å². The van der Waals surface area contributed by atoms with Crippen molar-refractivity contribution in [3.8, 4) is 0 Å². The molecule has 21 heavy (non-hydrogen) atoms. The summed E-state index contributed by atoms with van der Waals surface area (Å²) in [5.41, 5.74) is -0.962. The summed E-state index contributed by atoms with van der Waals surface area (Å²) in [4.78, 5) is 27.5. The van der Waals surface area contributed by atoms with Crippen molar-refractivity contribution in [2.45, 2.75) is 32.6 Å². The van der Waals surface area contributed by atoms with Gasteiger partial charge in [0.2, 0.25) is 5.82 Å². The third kappa shape index (κ3) is 3.57. The van der Waals surface area contributed by atoms with E-state index in [9.17, 15) is 14.7 Å². The van der Waals surface area contributed by atoms with Crippen LogP contribution in [-0.2, 0) is 16.0 Å². The molecule has 1 aromatic rings. The van der Waals surface area contributed by atoms with Crippen LogP contribution >= 0.6 is 0 Å². The van der Waals surface area contributed by atoms with Gasteiger partial charge >= 0.3 is 5.97 Å². The zero-order chi connectivity index (χ0) is 15.3. The highest BCUT2D eigenvalue weighted by atomic mass is 16.5. The maximum absolute atomic E-state index is 12.0. The van der Waals surface area contributed by atoms with E-state index in [0.29, 0.717) is 31.9 Å². The lowest BCUT2D eigenvalue weighted by molar-refractivity contribution is -0.154. The molecule has 0 atom stereocenters. The van der Waals surface area contributed by atoms with E-state index in [1.165, 1.54) is 0 Å². The number of amides is 1. The van der Waals surface area contributed by atoms with Gasteiger partial charge in [-0.15, -0.1) is 5.10 Å². The van der Waals surface area contributed by atoms with E-state index < -0.39 is 17.3 Å². The van der Waals surface area contributed by atoms with Crippen molar-refractivity contribution < 1.29 is 19.4 Å². The van der Waals surface area contributed by atoms with Gasteiger partial charge in [0.15, 0.2) is 0 Å². The number of aromatic nitrogens is 3. The second-order valence-electron chi connectivity index (χ2n) is 5.24. The number of carboxylic acid groups (broad SMARTS) is 1. The molecular weight excluding hydrogens is 276 g/mol. The summed E-state index contributed by atoms with van der Waals surface area (Å²) < 4.78 is 5.19. The zero-order valence-electron chi connectivity index (χ0n) is 12.0. The first-order valence-electron chi connectivity index (χ1n) is 7.08. The summed E-state index contributed by atoms with van der Waals surface area (Å²) in [6.07, 6.45) is 2.39. The molecule has 1 saturated heterocycles. The van der Waals surface area contributed by atoms with Gasteiger partial charge in [0, 0.05) is 26.2 Å². The monoisotopic (exact) mass is 296 g/mol. The fourth-order valence-electron chi connectivity index (χ4n) is 2.30. The minimum Gasteiger partial charge on any atom is -0.481 e. The van der Waals surface area contributed by atoms with Gasteiger partial charge in [-0.2, -0.15) is 0 Å². The van der Waals surface area contributed by atoms with Crippen molar-refractivity contribution in [3.63, 3.8) is 0 Å². The summed E-state index contributed by atoms with van der Waals surface area (Å²) in [5, 5.41) is 18.6. The third-order valence-corrected chi connectivity index (χ3v) is 3.71. The average molecular weight is 296 g/mol. The van der Waals surface area contributed by atoms with Gasteiger partial charge in [-0.3, -0.25) is 14.7 Å². The molecule has 1 amide bonds. The molecule has 8 nitrogen and oxygen atoms in total. The number of carbonyl (C=O) groups excluding carboxylic acids is 1. The van der Waals surface area contributed by atoms with Gasteiger partial charge in [0.05, 0.1) is 5.41 Å². The van der Waals surface area contributed by atoms with Crippen LogP contribution in [0.2, 0.25) is 0 Å². The second-order valence-corrected chi connectivity index (χ2v) is 5.24. The van der Waals surface area contributed by atoms with E-state index in [1.54, 1.807) is 0 Å². The SMILES string of the molecule is CCCc1nc(C(=O)NCC2(C(=O)O)CCOCC2)n[nH]1. The predicted octanol–water partition coefficient (Wildman–Crippen LogP) is 0.368. The van der Waals surface area contributed by atoms with Crippen LogP contribution in [0.3, 0.4) is 0 Å². The van der Waals surface area contributed by atoms with Gasteiger partial charge in [-0.1, -0.05) is 6.92 Å². The van der Waals surface area contributed by atoms with Gasteiger partial charge in [0.1, 0.15) is 5.82 Å². The van der Waals surface area contributed by atoms with Gasteiger partial charge < -0.3 is 15.2 Å². The first kappa shape index (κ1) is 15.4. The van der Waals surface area contributed by atoms with Crippen molar-refractivity contribution in [1.29, 1.82) is 0 Å². The second kappa shape index (κ2) is 6.66. The molecule has 1 aliphatic heterocycles. The Labute approximate surface area is 122 Å². The quantitative estimate of drug-likeness (QED) is 0.698. The van der Waals surface area contributed by atoms with Crippen molar-refractivity contribution in [2.75, 3.05) is 19.8 Å². The van der Waals surface area contributed by atoms with Crippen LogP contribution in [0.5, 0.6) is 0 Å². The van der Waals surface area contributed by atoms with E-state index in [1.807, 2.05) is 6.92 Å². The maximum Gasteiger partial charge on any atom is 0.311 e. The lowest BCUT2D eigenvalue weighted by atomic mass is 9.80. The first-order valence-corrected chi connectivity index (χ1v) is 7.08. The molecule has 0 aromatic carbocycles. The van der Waals surface area contributed by atoms with Crippen LogP contribution < -0.4 is 5.32 Å². The number of nitrogens with one attached hydrogen (secondary N) is 2. The average Bonchev–Trinajstić information content (AvgIpc) is 2.95. The van der Waals surface area contributed by atoms with Crippen LogP contribution in [0, 0.1) is 5.41 Å². The highest BCUT2D eigenvalue weighted by Crippen LogP contribution is 2.30. The number of hydrogen-bond acceptors (Lipinski definition) is 5. The third-order valence-electron chi connectivity index (χ3n) is 3.71. The zero-order valence-corrected chi connectivity index (χ0v) is 12.0. The van der Waals surface area contributed by atoms with Gasteiger partial charge in [-0.05, 0) is 19.3 Å². The van der Waals surface area contributed by atoms with Gasteiger partial charge in [-0.25, -0.2) is 4.98 Å². The Morgan fingerprint density at radius 2 is 2.14 bits per heavy atom. The van der Waals surface area contributed by atoms with Crippen molar-refractivity contribution in [2.24, 2.45) is 5.41 Å². The van der Waals surface area contributed by atoms with E-state index in [-0.39, 0.29) is 12.4 Å². The number of aryl methyl sites for hydroxylation is 1. The number of carboxylic acids is 1. The number of H-pyrrole nitrogens is 1. The Balaban J connectivity index is 1.96. The molecular formula is C13H20N4O4. The molecule has 0 aliphatic carbocycles. The lowest BCUT2D eigenvalue weighted by Crippen LogP contribution is -2.46. The summed E-state index contributed by atoms with van der Waals surface area (Å²) in [5.74, 6) is -0.666. The van der Waals surface area contributed by atoms with Crippen molar-refractivity contribution in [1.82, 2.24) is 20.5 Å². The Kier molecular flexibility index (Phi) is 4.89. The number of ether oxygens (including phenoxy) is 1. The molecule has 0 radical (unpaired) electrons. The standard InChI is InChI=1S/C13H20N4O4/c1-2-3-9-15-10(17-16-9)11(18)14-8-13(12(19)20)4-6-21-7-5-13/h2-8H2,1H3,(H,14,18)(H,19,20)(H,15,16,17). The minimum atomic E-state index is -0.962. The molecule has 0 spiro atoms. The summed E-state index contributed by atoms with van der Waals surface area (Å²) in [6.45, 7) is 2.85. The normalized spacial score (nSPS) is 17.4. The molecule has 1 fully saturated rings. The number of hydrogen-bond donors (Lipinski definition) is 3. The molecule has 2 rings (SSSR count). The molecule has 1 aromatic heterocycles. The van der Waals surface area contributed by atoms with E-state index in [0.717, 1.165) is 12.8 Å². The van der Waals surface area contributed by atoms with Crippen LogP contribution in [0.4, 0.5) is 0 Å². The maximum atomic E-state index is 12.0. The minimum absolute atomic E-state index is 0.0473. The predicted molar refractivity (Wildman–Crippen MR) is 72.8 cm³/mol. The molecule has 116 valence electrons. The van der Waals surface area contributed by atoms with E-state index in [2.05, 4.69) is 20.5 Å². The Hall–Kier alpha value is -1.96. The molecule has 2 heterocycles. The summed E-state index contributed by atoms with van der Waals surface area (Å²) in [6, 6.07) is 0. The van der Waals surface area contributed by atoms with E-state index >= 15 is 0 Å². The highest BCUT2D eigenvalue weighted by Gasteiger charge is 2.40. The fourth-order valence-corrected chi connectivity index (χ4v) is 2.30. The largest absolute Gasteiger partial charge is 0.481 e. The molecule has 3 N–H and O–H groups in total. The Morgan fingerprint density at radius 3 is 2.76 bits per heavy atom. The Morgan fingerprint density at radius 1 is 1.43 bits per heavy atom. The van der Waals surface area contributed by atoms with E-state index in [4.69, 9.17) is 4.74 Å². The van der Waals surface area contributed by atoms with Crippen molar-refractivity contribution in [3.05, 3.63) is 11.6 Å². The fraction of sp³-hybridized carbons (Fsp3) is 0.692. The summed E-state index contributed by atoms with van der Waals surface area (Å²) in [7, 11) is 0. The number of aliphatic carboxylic acids is 1.